The highest BCUT2D eigenvalue weighted by Crippen LogP contribution is 2.49. The molecule has 3 heteroatoms. The van der Waals surface area contributed by atoms with Crippen molar-refractivity contribution in [2.45, 2.75) is 31.3 Å². The molecule has 0 aromatic heterocycles. The van der Waals surface area contributed by atoms with Crippen LogP contribution in [0.25, 0.3) is 10.8 Å². The number of aliphatic hydroxyl groups excluding tert-OH is 1. The Labute approximate surface area is 130 Å². The van der Waals surface area contributed by atoms with E-state index >= 15 is 0 Å². The van der Waals surface area contributed by atoms with Crippen LogP contribution in [0.2, 0.25) is 0 Å². The molecule has 1 aliphatic carbocycles. The van der Waals surface area contributed by atoms with Gasteiger partial charge in [-0.3, -0.25) is 4.79 Å². The Balaban J connectivity index is 1.47. The van der Waals surface area contributed by atoms with E-state index in [1.165, 1.54) is 16.3 Å². The number of carbonyl (C=O) groups is 1. The van der Waals surface area contributed by atoms with Crippen LogP contribution in [0, 0.1) is 5.92 Å². The number of hydrogen-bond donors (Lipinski definition) is 1. The third kappa shape index (κ3) is 2.50. The first kappa shape index (κ1) is 13.8. The molecule has 2 unspecified atom stereocenters. The third-order valence-corrected chi connectivity index (χ3v) is 5.09. The number of fused-ring (bicyclic) bond motifs is 1. The molecule has 0 radical (unpaired) electrons. The maximum Gasteiger partial charge on any atom is 0.226 e. The molecule has 2 aromatic carbocycles. The molecular weight excluding hydrogens is 274 g/mol. The second-order valence-electron chi connectivity index (χ2n) is 6.61. The van der Waals surface area contributed by atoms with Gasteiger partial charge >= 0.3 is 0 Å². The molecule has 1 saturated heterocycles. The van der Waals surface area contributed by atoms with Gasteiger partial charge in [-0.2, -0.15) is 0 Å². The number of rotatable bonds is 2. The van der Waals surface area contributed by atoms with Gasteiger partial charge in [0.2, 0.25) is 5.91 Å². The van der Waals surface area contributed by atoms with E-state index in [1.54, 1.807) is 0 Å². The topological polar surface area (TPSA) is 40.5 Å². The van der Waals surface area contributed by atoms with Crippen LogP contribution in [0.15, 0.2) is 42.5 Å². The van der Waals surface area contributed by atoms with Gasteiger partial charge < -0.3 is 10.0 Å². The summed E-state index contributed by atoms with van der Waals surface area (Å²) in [4.78, 5) is 14.5. The van der Waals surface area contributed by atoms with Crippen molar-refractivity contribution in [3.05, 3.63) is 48.0 Å². The molecule has 2 aliphatic rings. The summed E-state index contributed by atoms with van der Waals surface area (Å²) in [6.45, 7) is 1.42. The highest BCUT2D eigenvalue weighted by Gasteiger charge is 2.46. The van der Waals surface area contributed by atoms with E-state index in [9.17, 15) is 9.90 Å². The summed E-state index contributed by atoms with van der Waals surface area (Å²) in [6, 6.07) is 14.9. The molecule has 0 spiro atoms. The molecule has 3 nitrogen and oxygen atoms in total. The number of carbonyl (C=O) groups excluding carboxylic acids is 1. The van der Waals surface area contributed by atoms with Crippen LogP contribution >= 0.6 is 0 Å². The van der Waals surface area contributed by atoms with E-state index in [0.717, 1.165) is 19.3 Å². The minimum Gasteiger partial charge on any atom is -0.393 e. The number of nitrogens with zero attached hydrogens (tertiary/aromatic N) is 1. The van der Waals surface area contributed by atoms with E-state index in [4.69, 9.17) is 0 Å². The highest BCUT2D eigenvalue weighted by atomic mass is 16.3. The fourth-order valence-corrected chi connectivity index (χ4v) is 3.60. The highest BCUT2D eigenvalue weighted by molar-refractivity contribution is 5.86. The monoisotopic (exact) mass is 295 g/mol. The maximum atomic E-state index is 12.6. The molecule has 1 saturated carbocycles. The molecule has 2 fully saturated rings. The second kappa shape index (κ2) is 5.40. The van der Waals surface area contributed by atoms with Crippen molar-refractivity contribution in [1.29, 1.82) is 0 Å². The number of likely N-dealkylation sites (tertiary alicyclic amines) is 1. The zero-order valence-corrected chi connectivity index (χ0v) is 12.6. The largest absolute Gasteiger partial charge is 0.393 e. The van der Waals surface area contributed by atoms with Gasteiger partial charge in [-0.25, -0.2) is 0 Å². The Kier molecular flexibility index (Phi) is 3.38. The number of amides is 1. The van der Waals surface area contributed by atoms with Crippen molar-refractivity contribution in [1.82, 2.24) is 4.90 Å². The fourth-order valence-electron chi connectivity index (χ4n) is 3.60. The van der Waals surface area contributed by atoms with Crippen LogP contribution in [0.4, 0.5) is 0 Å². The molecule has 1 aliphatic heterocycles. The molecule has 2 atom stereocenters. The summed E-state index contributed by atoms with van der Waals surface area (Å²) in [7, 11) is 0. The average molecular weight is 295 g/mol. The lowest BCUT2D eigenvalue weighted by Gasteiger charge is -2.29. The van der Waals surface area contributed by atoms with Crippen molar-refractivity contribution < 1.29 is 9.90 Å². The van der Waals surface area contributed by atoms with E-state index in [0.29, 0.717) is 19.0 Å². The van der Waals surface area contributed by atoms with Crippen LogP contribution in [0.3, 0.4) is 0 Å². The number of hydrogen-bond acceptors (Lipinski definition) is 2. The van der Waals surface area contributed by atoms with Gasteiger partial charge in [0, 0.05) is 19.0 Å². The minimum absolute atomic E-state index is 0.149. The van der Waals surface area contributed by atoms with Gasteiger partial charge in [-0.1, -0.05) is 42.5 Å². The Morgan fingerprint density at radius 1 is 1.05 bits per heavy atom. The summed E-state index contributed by atoms with van der Waals surface area (Å²) in [5.41, 5.74) is 1.29. The molecule has 0 bridgehead atoms. The van der Waals surface area contributed by atoms with Gasteiger partial charge in [-0.15, -0.1) is 0 Å². The van der Waals surface area contributed by atoms with Gasteiger partial charge in [0.1, 0.15) is 0 Å². The summed E-state index contributed by atoms with van der Waals surface area (Å²) in [5.74, 6) is 0.811. The Bertz CT molecular complexity index is 703. The first-order valence-electron chi connectivity index (χ1n) is 8.18. The van der Waals surface area contributed by atoms with Crippen molar-refractivity contribution in [3.8, 4) is 0 Å². The maximum absolute atomic E-state index is 12.6. The zero-order chi connectivity index (χ0) is 15.1. The zero-order valence-electron chi connectivity index (χ0n) is 12.6. The molecule has 4 rings (SSSR count). The van der Waals surface area contributed by atoms with Crippen molar-refractivity contribution in [3.63, 3.8) is 0 Å². The molecule has 2 aromatic rings. The van der Waals surface area contributed by atoms with E-state index in [2.05, 4.69) is 42.5 Å². The quantitative estimate of drug-likeness (QED) is 0.925. The van der Waals surface area contributed by atoms with E-state index < -0.39 is 0 Å². The average Bonchev–Trinajstić information content (AvgIpc) is 3.35. The number of aliphatic hydroxyl groups is 1. The van der Waals surface area contributed by atoms with Crippen LogP contribution in [0.5, 0.6) is 0 Å². The third-order valence-electron chi connectivity index (χ3n) is 5.09. The smallest absolute Gasteiger partial charge is 0.226 e. The first-order chi connectivity index (χ1) is 10.7. The molecule has 1 heterocycles. The SMILES string of the molecule is O=C(C1CC1c1ccc2ccccc2c1)N1CCC(O)CC1. The standard InChI is InChI=1S/C19H21NO2/c21-16-7-9-20(10-8-16)19(22)18-12-17(18)15-6-5-13-3-1-2-4-14(13)11-15/h1-6,11,16-18,21H,7-10,12H2. The van der Waals surface area contributed by atoms with Gasteiger partial charge in [0.05, 0.1) is 6.10 Å². The van der Waals surface area contributed by atoms with E-state index in [1.807, 2.05) is 4.90 Å². The first-order valence-corrected chi connectivity index (χ1v) is 8.18. The number of piperidine rings is 1. The summed E-state index contributed by atoms with van der Waals surface area (Å²) in [6.07, 6.45) is 2.19. The summed E-state index contributed by atoms with van der Waals surface area (Å²) >= 11 is 0. The van der Waals surface area contributed by atoms with E-state index in [-0.39, 0.29) is 17.9 Å². The predicted octanol–water partition coefficient (Wildman–Crippen LogP) is 2.93. The van der Waals surface area contributed by atoms with Crippen LogP contribution < -0.4 is 0 Å². The lowest BCUT2D eigenvalue weighted by Crippen LogP contribution is -2.41. The number of benzene rings is 2. The Hall–Kier alpha value is -1.87. The lowest BCUT2D eigenvalue weighted by molar-refractivity contribution is -0.134. The van der Waals surface area contributed by atoms with Crippen LogP contribution in [-0.4, -0.2) is 35.1 Å². The lowest BCUT2D eigenvalue weighted by atomic mass is 10.0. The second-order valence-corrected chi connectivity index (χ2v) is 6.61. The van der Waals surface area contributed by atoms with Crippen LogP contribution in [-0.2, 0) is 4.79 Å². The molecular formula is C19H21NO2. The summed E-state index contributed by atoms with van der Waals surface area (Å²) in [5, 5.41) is 12.1. The fraction of sp³-hybridized carbons (Fsp3) is 0.421. The summed E-state index contributed by atoms with van der Waals surface area (Å²) < 4.78 is 0. The van der Waals surface area contributed by atoms with Crippen molar-refractivity contribution in [2.75, 3.05) is 13.1 Å². The normalized spacial score (nSPS) is 25.4. The van der Waals surface area contributed by atoms with Gasteiger partial charge in [-0.05, 0) is 41.5 Å². The Morgan fingerprint density at radius 2 is 1.77 bits per heavy atom. The van der Waals surface area contributed by atoms with Crippen molar-refractivity contribution >= 4 is 16.7 Å². The molecule has 22 heavy (non-hydrogen) atoms. The Morgan fingerprint density at radius 3 is 2.55 bits per heavy atom. The van der Waals surface area contributed by atoms with Crippen LogP contribution in [0.1, 0.15) is 30.7 Å². The predicted molar refractivity (Wildman–Crippen MR) is 86.6 cm³/mol. The molecule has 1 N–H and O–H groups in total. The van der Waals surface area contributed by atoms with Gasteiger partial charge in [0.25, 0.3) is 0 Å². The minimum atomic E-state index is -0.223. The van der Waals surface area contributed by atoms with Crippen molar-refractivity contribution in [2.24, 2.45) is 5.92 Å². The van der Waals surface area contributed by atoms with Gasteiger partial charge in [0.15, 0.2) is 0 Å². The molecule has 114 valence electrons. The molecule has 1 amide bonds.